The van der Waals surface area contributed by atoms with Gasteiger partial charge >= 0.3 is 0 Å². The zero-order valence-corrected chi connectivity index (χ0v) is 9.57. The van der Waals surface area contributed by atoms with Gasteiger partial charge in [-0.2, -0.15) is 0 Å². The Bertz CT molecular complexity index is 557. The number of pyridine rings is 1. The van der Waals surface area contributed by atoms with E-state index in [1.54, 1.807) is 12.1 Å². The third-order valence-corrected chi connectivity index (χ3v) is 2.30. The number of halogens is 3. The van der Waals surface area contributed by atoms with Gasteiger partial charge in [-0.3, -0.25) is 5.41 Å². The second-order valence-corrected chi connectivity index (χ2v) is 3.48. The molecule has 0 fully saturated rings. The van der Waals surface area contributed by atoms with E-state index in [9.17, 15) is 4.39 Å². The quantitative estimate of drug-likeness (QED) is 0.611. The molecule has 0 atom stereocenters. The van der Waals surface area contributed by atoms with Crippen LogP contribution in [-0.4, -0.2) is 10.8 Å². The number of hydrogen-bond acceptors (Lipinski definition) is 2. The minimum atomic E-state index is -0.485. The van der Waals surface area contributed by atoms with Crippen molar-refractivity contribution in [3.63, 3.8) is 0 Å². The highest BCUT2D eigenvalue weighted by Gasteiger charge is 2.05. The first-order valence-electron chi connectivity index (χ1n) is 4.18. The van der Waals surface area contributed by atoms with E-state index < -0.39 is 5.82 Å². The number of nitrogens with two attached hydrogens (primary N) is 1. The summed E-state index contributed by atoms with van der Waals surface area (Å²) in [7, 11) is 0. The van der Waals surface area contributed by atoms with Crippen molar-refractivity contribution in [2.24, 2.45) is 5.73 Å². The summed E-state index contributed by atoms with van der Waals surface area (Å²) in [5, 5.41) is 7.85. The molecular weight excluding hydrogens is 252 g/mol. The topological polar surface area (TPSA) is 62.8 Å². The lowest BCUT2D eigenvalue weighted by Crippen LogP contribution is -2.12. The van der Waals surface area contributed by atoms with Gasteiger partial charge in [-0.1, -0.05) is 17.7 Å². The normalized spacial score (nSPS) is 9.88. The zero-order valence-electron chi connectivity index (χ0n) is 8.00. The highest BCUT2D eigenvalue weighted by atomic mass is 35.5. The second kappa shape index (κ2) is 4.63. The van der Waals surface area contributed by atoms with Crippen LogP contribution < -0.4 is 5.73 Å². The first kappa shape index (κ1) is 12.7. The van der Waals surface area contributed by atoms with Gasteiger partial charge in [0.25, 0.3) is 0 Å². The lowest BCUT2D eigenvalue weighted by atomic mass is 10.2. The molecule has 0 unspecified atom stereocenters. The van der Waals surface area contributed by atoms with E-state index >= 15 is 0 Å². The summed E-state index contributed by atoms with van der Waals surface area (Å²) in [4.78, 5) is 4.08. The molecule has 0 saturated heterocycles. The number of nitrogens with one attached hydrogen (secondary N) is 1. The Morgan fingerprint density at radius 2 is 2.06 bits per heavy atom. The maximum absolute atomic E-state index is 13.1. The van der Waals surface area contributed by atoms with Gasteiger partial charge in [0.1, 0.15) is 17.3 Å². The summed E-state index contributed by atoms with van der Waals surface area (Å²) >= 11 is 5.62. The van der Waals surface area contributed by atoms with E-state index in [1.165, 1.54) is 12.1 Å². The van der Waals surface area contributed by atoms with Crippen molar-refractivity contribution in [3.05, 3.63) is 40.8 Å². The van der Waals surface area contributed by atoms with E-state index in [-0.39, 0.29) is 23.3 Å². The van der Waals surface area contributed by atoms with Gasteiger partial charge in [-0.25, -0.2) is 9.37 Å². The van der Waals surface area contributed by atoms with Gasteiger partial charge in [0, 0.05) is 5.39 Å². The van der Waals surface area contributed by atoms with Crippen LogP contribution in [0.15, 0.2) is 24.3 Å². The van der Waals surface area contributed by atoms with E-state index in [0.717, 1.165) is 0 Å². The average Bonchev–Trinajstić information content (AvgIpc) is 2.19. The Balaban J connectivity index is 0.00000128. The highest BCUT2D eigenvalue weighted by molar-refractivity contribution is 6.31. The van der Waals surface area contributed by atoms with Gasteiger partial charge in [0.2, 0.25) is 0 Å². The van der Waals surface area contributed by atoms with Crippen molar-refractivity contribution in [2.75, 3.05) is 0 Å². The molecule has 0 radical (unpaired) electrons. The predicted octanol–water partition coefficient (Wildman–Crippen LogP) is 2.73. The molecule has 3 nitrogen and oxygen atoms in total. The first-order chi connectivity index (χ1) is 7.08. The maximum Gasteiger partial charge on any atom is 0.142 e. The van der Waals surface area contributed by atoms with Gasteiger partial charge in [-0.05, 0) is 18.2 Å². The Hall–Kier alpha value is -1.39. The van der Waals surface area contributed by atoms with Crippen molar-refractivity contribution < 1.29 is 4.39 Å². The summed E-state index contributed by atoms with van der Waals surface area (Å²) in [5.74, 6) is -0.612. The van der Waals surface area contributed by atoms with Crippen molar-refractivity contribution in [1.82, 2.24) is 4.98 Å². The molecule has 0 bridgehead atoms. The van der Waals surface area contributed by atoms with Crippen LogP contribution in [0.5, 0.6) is 0 Å². The summed E-state index contributed by atoms with van der Waals surface area (Å²) in [5.41, 5.74) is 6.16. The SMILES string of the molecule is Cl.N=C(N)c1ccc2cc(F)c(Cl)cc2n1. The average molecular weight is 260 g/mol. The zero-order chi connectivity index (χ0) is 11.0. The third kappa shape index (κ3) is 2.23. The minimum absolute atomic E-state index is 0. The molecule has 0 aliphatic heterocycles. The molecule has 0 saturated carbocycles. The van der Waals surface area contributed by atoms with Crippen LogP contribution in [0.3, 0.4) is 0 Å². The Morgan fingerprint density at radius 1 is 1.38 bits per heavy atom. The fourth-order valence-corrected chi connectivity index (χ4v) is 1.43. The molecule has 0 aliphatic carbocycles. The molecule has 3 N–H and O–H groups in total. The monoisotopic (exact) mass is 259 g/mol. The van der Waals surface area contributed by atoms with Gasteiger partial charge in [-0.15, -0.1) is 12.4 Å². The Kier molecular flexibility index (Phi) is 3.67. The minimum Gasteiger partial charge on any atom is -0.382 e. The molecule has 16 heavy (non-hydrogen) atoms. The molecule has 0 spiro atoms. The Morgan fingerprint density at radius 3 is 2.69 bits per heavy atom. The number of fused-ring (bicyclic) bond motifs is 1. The van der Waals surface area contributed by atoms with Crippen LogP contribution in [0.25, 0.3) is 10.9 Å². The van der Waals surface area contributed by atoms with E-state index in [0.29, 0.717) is 16.6 Å². The molecule has 1 aromatic carbocycles. The molecule has 0 aliphatic rings. The van der Waals surface area contributed by atoms with E-state index in [4.69, 9.17) is 22.7 Å². The predicted molar refractivity (Wildman–Crippen MR) is 65.0 cm³/mol. The van der Waals surface area contributed by atoms with Crippen LogP contribution in [0.1, 0.15) is 5.69 Å². The summed E-state index contributed by atoms with van der Waals surface area (Å²) < 4.78 is 13.1. The molecule has 1 heterocycles. The molecule has 0 amide bonds. The fourth-order valence-electron chi connectivity index (χ4n) is 1.27. The number of amidine groups is 1. The van der Waals surface area contributed by atoms with Crippen LogP contribution in [-0.2, 0) is 0 Å². The van der Waals surface area contributed by atoms with Crippen molar-refractivity contribution in [1.29, 1.82) is 5.41 Å². The van der Waals surface area contributed by atoms with Gasteiger partial charge in [0.05, 0.1) is 10.5 Å². The van der Waals surface area contributed by atoms with Crippen LogP contribution in [0, 0.1) is 11.2 Å². The molecular formula is C10H8Cl2FN3. The molecule has 1 aromatic heterocycles. The summed E-state index contributed by atoms with van der Waals surface area (Å²) in [6, 6.07) is 5.93. The van der Waals surface area contributed by atoms with E-state index in [1.807, 2.05) is 0 Å². The molecule has 2 rings (SSSR count). The fraction of sp³-hybridized carbons (Fsp3) is 0. The molecule has 6 heteroatoms. The lowest BCUT2D eigenvalue weighted by Gasteiger charge is -2.02. The van der Waals surface area contributed by atoms with Crippen molar-refractivity contribution >= 4 is 40.7 Å². The first-order valence-corrected chi connectivity index (χ1v) is 4.56. The Labute approximate surface area is 102 Å². The largest absolute Gasteiger partial charge is 0.382 e. The number of benzene rings is 1. The summed E-state index contributed by atoms with van der Waals surface area (Å²) in [6.07, 6.45) is 0. The van der Waals surface area contributed by atoms with Crippen LogP contribution in [0.4, 0.5) is 4.39 Å². The van der Waals surface area contributed by atoms with Crippen LogP contribution in [0.2, 0.25) is 5.02 Å². The highest BCUT2D eigenvalue weighted by Crippen LogP contribution is 2.21. The second-order valence-electron chi connectivity index (χ2n) is 3.07. The standard InChI is InChI=1S/C10H7ClFN3.ClH/c11-6-4-9-5(3-7(6)12)1-2-8(15-9)10(13)14;/h1-4H,(H3,13,14);1H. The van der Waals surface area contributed by atoms with Crippen LogP contribution >= 0.6 is 24.0 Å². The third-order valence-electron chi connectivity index (χ3n) is 2.01. The smallest absolute Gasteiger partial charge is 0.142 e. The number of nitrogen functional groups attached to an aromatic ring is 1. The van der Waals surface area contributed by atoms with Gasteiger partial charge in [0.15, 0.2) is 0 Å². The number of nitrogens with zero attached hydrogens (tertiary/aromatic N) is 1. The van der Waals surface area contributed by atoms with Gasteiger partial charge < -0.3 is 5.73 Å². The summed E-state index contributed by atoms with van der Waals surface area (Å²) in [6.45, 7) is 0. The van der Waals surface area contributed by atoms with Crippen molar-refractivity contribution in [2.45, 2.75) is 0 Å². The number of rotatable bonds is 1. The maximum atomic E-state index is 13.1. The molecule has 84 valence electrons. The van der Waals surface area contributed by atoms with Crippen molar-refractivity contribution in [3.8, 4) is 0 Å². The molecule has 2 aromatic rings. The van der Waals surface area contributed by atoms with E-state index in [2.05, 4.69) is 4.98 Å². The number of hydrogen-bond donors (Lipinski definition) is 2. The lowest BCUT2D eigenvalue weighted by molar-refractivity contribution is 0.630. The number of aromatic nitrogens is 1.